The standard InChI is InChI=1S/C20H18F3N7O/c1-3-17(31)26-12-5-4-6-14(7-12)30-11-24-19(27-13-9-25-29(2)10-13)28-18-15(8-16(18)30)20(21,22)23/h3-7,9-11,15H,1,8H2,2H3,(H,26,31)(H,27,28)/t15-/m1/s1. The molecule has 1 aromatic heterocycles. The van der Waals surface area contributed by atoms with Crippen molar-refractivity contribution in [3.63, 3.8) is 0 Å². The van der Waals surface area contributed by atoms with E-state index in [2.05, 4.69) is 32.3 Å². The summed E-state index contributed by atoms with van der Waals surface area (Å²) in [5, 5.41) is 9.54. The number of carbonyl (C=O) groups excluding carboxylic acids is 1. The van der Waals surface area contributed by atoms with Crippen LogP contribution in [0.4, 0.5) is 30.2 Å². The summed E-state index contributed by atoms with van der Waals surface area (Å²) in [4.78, 5) is 21.5. The van der Waals surface area contributed by atoms with Crippen LogP contribution >= 0.6 is 0 Å². The van der Waals surface area contributed by atoms with Gasteiger partial charge in [0, 0.05) is 36.7 Å². The first kappa shape index (κ1) is 20.4. The van der Waals surface area contributed by atoms with Gasteiger partial charge in [-0.1, -0.05) is 12.6 Å². The molecule has 1 atom stereocenters. The van der Waals surface area contributed by atoms with Gasteiger partial charge >= 0.3 is 6.18 Å². The van der Waals surface area contributed by atoms with Crippen LogP contribution in [-0.2, 0) is 11.8 Å². The molecule has 0 saturated carbocycles. The molecule has 0 saturated heterocycles. The average molecular weight is 429 g/mol. The van der Waals surface area contributed by atoms with Crippen molar-refractivity contribution >= 4 is 35.3 Å². The van der Waals surface area contributed by atoms with Crippen molar-refractivity contribution in [1.29, 1.82) is 0 Å². The number of guanidine groups is 1. The third-order valence-corrected chi connectivity index (χ3v) is 4.77. The fourth-order valence-corrected chi connectivity index (χ4v) is 3.25. The molecular formula is C20H18F3N7O. The Morgan fingerprint density at radius 1 is 1.32 bits per heavy atom. The molecule has 0 radical (unpaired) electrons. The molecule has 1 amide bonds. The number of aliphatic imine (C=N–C) groups is 2. The third-order valence-electron chi connectivity index (χ3n) is 4.77. The second-order valence-electron chi connectivity index (χ2n) is 6.95. The van der Waals surface area contributed by atoms with Gasteiger partial charge in [0.05, 0.1) is 17.6 Å². The monoisotopic (exact) mass is 429 g/mol. The summed E-state index contributed by atoms with van der Waals surface area (Å²) in [5.74, 6) is -2.05. The number of halogens is 3. The summed E-state index contributed by atoms with van der Waals surface area (Å²) in [6, 6.07) is 6.70. The Labute approximate surface area is 175 Å². The molecule has 1 aromatic carbocycles. The summed E-state index contributed by atoms with van der Waals surface area (Å²) in [6.07, 6.45) is 1.07. The third kappa shape index (κ3) is 4.20. The molecule has 0 spiro atoms. The lowest BCUT2D eigenvalue weighted by Gasteiger charge is -2.36. The number of benzene rings is 1. The van der Waals surface area contributed by atoms with Gasteiger partial charge < -0.3 is 15.5 Å². The summed E-state index contributed by atoms with van der Waals surface area (Å²) in [5.41, 5.74) is 1.85. The van der Waals surface area contributed by atoms with Crippen LogP contribution in [0.1, 0.15) is 6.42 Å². The molecule has 0 unspecified atom stereocenters. The summed E-state index contributed by atoms with van der Waals surface area (Å²) in [6.45, 7) is 3.40. The van der Waals surface area contributed by atoms with E-state index in [1.807, 2.05) is 0 Å². The average Bonchev–Trinajstić information content (AvgIpc) is 3.05. The van der Waals surface area contributed by atoms with Gasteiger partial charge in [0.25, 0.3) is 0 Å². The highest BCUT2D eigenvalue weighted by Crippen LogP contribution is 2.48. The summed E-state index contributed by atoms with van der Waals surface area (Å²) < 4.78 is 42.0. The molecule has 2 aromatic rings. The molecular weight excluding hydrogens is 411 g/mol. The Morgan fingerprint density at radius 3 is 2.81 bits per heavy atom. The second-order valence-corrected chi connectivity index (χ2v) is 6.95. The highest BCUT2D eigenvalue weighted by molar-refractivity contribution is 6.04. The van der Waals surface area contributed by atoms with Gasteiger partial charge in [0.2, 0.25) is 11.9 Å². The lowest BCUT2D eigenvalue weighted by molar-refractivity contribution is -0.169. The predicted molar refractivity (Wildman–Crippen MR) is 112 cm³/mol. The number of nitrogens with zero attached hydrogens (tertiary/aromatic N) is 5. The summed E-state index contributed by atoms with van der Waals surface area (Å²) in [7, 11) is 1.72. The number of allylic oxidation sites excluding steroid dienone is 2. The Hall–Kier alpha value is -3.89. The molecule has 31 heavy (non-hydrogen) atoms. The Bertz CT molecular complexity index is 1130. The normalized spacial score (nSPS) is 18.0. The second kappa shape index (κ2) is 7.74. The van der Waals surface area contributed by atoms with Crippen LogP contribution in [0.3, 0.4) is 0 Å². The first-order valence-corrected chi connectivity index (χ1v) is 9.25. The van der Waals surface area contributed by atoms with E-state index in [1.165, 1.54) is 12.5 Å². The number of hydrogen-bond acceptors (Lipinski definition) is 6. The minimum Gasteiger partial charge on any atom is -0.322 e. The Morgan fingerprint density at radius 2 is 2.13 bits per heavy atom. The van der Waals surface area contributed by atoms with Crippen molar-refractivity contribution in [2.75, 3.05) is 15.5 Å². The fraction of sp³-hybridized carbons (Fsp3) is 0.200. The van der Waals surface area contributed by atoms with Crippen molar-refractivity contribution in [2.24, 2.45) is 23.0 Å². The zero-order valence-electron chi connectivity index (χ0n) is 16.4. The maximum atomic E-state index is 13.5. The van der Waals surface area contributed by atoms with Gasteiger partial charge in [-0.05, 0) is 24.3 Å². The van der Waals surface area contributed by atoms with Crippen molar-refractivity contribution in [1.82, 2.24) is 9.78 Å². The summed E-state index contributed by atoms with van der Waals surface area (Å²) >= 11 is 0. The number of aromatic nitrogens is 2. The van der Waals surface area contributed by atoms with E-state index < -0.39 is 18.0 Å². The molecule has 0 bridgehead atoms. The van der Waals surface area contributed by atoms with Gasteiger partial charge in [-0.25, -0.2) is 9.98 Å². The lowest BCUT2D eigenvalue weighted by atomic mass is 9.85. The molecule has 1 aliphatic carbocycles. The molecule has 8 nitrogen and oxygen atoms in total. The van der Waals surface area contributed by atoms with Crippen LogP contribution in [0.15, 0.2) is 70.7 Å². The van der Waals surface area contributed by atoms with E-state index in [0.29, 0.717) is 22.8 Å². The number of aryl methyl sites for hydroxylation is 1. The number of alkyl halides is 3. The van der Waals surface area contributed by atoms with Crippen LogP contribution < -0.4 is 15.5 Å². The van der Waals surface area contributed by atoms with Crippen molar-refractivity contribution < 1.29 is 18.0 Å². The SMILES string of the molecule is C=CC(=O)Nc1cccc(N2C=NC(Nc3cnn(C)c3)=NC3=C2C[C@H]3C(F)(F)F)c1. The number of anilines is 3. The van der Waals surface area contributed by atoms with Crippen molar-refractivity contribution in [3.8, 4) is 0 Å². The highest BCUT2D eigenvalue weighted by atomic mass is 19.4. The highest BCUT2D eigenvalue weighted by Gasteiger charge is 2.51. The molecule has 0 fully saturated rings. The van der Waals surface area contributed by atoms with Crippen LogP contribution in [0, 0.1) is 5.92 Å². The van der Waals surface area contributed by atoms with E-state index in [9.17, 15) is 18.0 Å². The number of amides is 1. The topological polar surface area (TPSA) is 86.9 Å². The first-order valence-electron chi connectivity index (χ1n) is 9.25. The van der Waals surface area contributed by atoms with E-state index in [1.54, 1.807) is 47.1 Å². The van der Waals surface area contributed by atoms with E-state index in [0.717, 1.165) is 6.08 Å². The molecule has 2 aliphatic rings. The zero-order chi connectivity index (χ0) is 22.2. The maximum absolute atomic E-state index is 13.5. The first-order chi connectivity index (χ1) is 14.7. The largest absolute Gasteiger partial charge is 0.397 e. The van der Waals surface area contributed by atoms with Crippen LogP contribution in [-0.4, -0.2) is 34.2 Å². The number of rotatable bonds is 4. The van der Waals surface area contributed by atoms with Gasteiger partial charge in [-0.2, -0.15) is 18.3 Å². The van der Waals surface area contributed by atoms with Crippen LogP contribution in [0.25, 0.3) is 0 Å². The quantitative estimate of drug-likeness (QED) is 0.727. The number of carbonyl (C=O) groups is 1. The number of hydrogen-bond donors (Lipinski definition) is 2. The van der Waals surface area contributed by atoms with Gasteiger partial charge in [-0.3, -0.25) is 9.48 Å². The van der Waals surface area contributed by atoms with Gasteiger partial charge in [0.15, 0.2) is 0 Å². The minimum absolute atomic E-state index is 0.0214. The smallest absolute Gasteiger partial charge is 0.322 e. The molecule has 2 heterocycles. The zero-order valence-corrected chi connectivity index (χ0v) is 16.4. The molecule has 160 valence electrons. The van der Waals surface area contributed by atoms with Crippen LogP contribution in [0.5, 0.6) is 0 Å². The van der Waals surface area contributed by atoms with Gasteiger partial charge in [0.1, 0.15) is 12.3 Å². The Kier molecular flexibility index (Phi) is 5.09. The van der Waals surface area contributed by atoms with Gasteiger partial charge in [-0.15, -0.1) is 0 Å². The maximum Gasteiger partial charge on any atom is 0.397 e. The molecule has 4 rings (SSSR count). The lowest BCUT2D eigenvalue weighted by Crippen LogP contribution is -2.38. The minimum atomic E-state index is -4.42. The van der Waals surface area contributed by atoms with E-state index >= 15 is 0 Å². The van der Waals surface area contributed by atoms with Crippen LogP contribution in [0.2, 0.25) is 0 Å². The predicted octanol–water partition coefficient (Wildman–Crippen LogP) is 3.65. The molecule has 2 N–H and O–H groups in total. The Balaban J connectivity index is 1.69. The number of nitrogens with one attached hydrogen (secondary N) is 2. The molecule has 1 aliphatic heterocycles. The van der Waals surface area contributed by atoms with Crippen molar-refractivity contribution in [3.05, 3.63) is 60.7 Å². The fourth-order valence-electron chi connectivity index (χ4n) is 3.25. The van der Waals surface area contributed by atoms with Crippen molar-refractivity contribution in [2.45, 2.75) is 12.6 Å². The van der Waals surface area contributed by atoms with E-state index in [4.69, 9.17) is 0 Å². The molecule has 11 heteroatoms. The van der Waals surface area contributed by atoms with E-state index in [-0.39, 0.29) is 18.1 Å².